The summed E-state index contributed by atoms with van der Waals surface area (Å²) in [6.07, 6.45) is 1.90. The molecule has 2 rings (SSSR count). The molecular weight excluding hydrogens is 430 g/mol. The smallest absolute Gasteiger partial charge is 0.222 e. The van der Waals surface area contributed by atoms with Crippen LogP contribution in [0.5, 0.6) is 5.88 Å². The van der Waals surface area contributed by atoms with Gasteiger partial charge in [-0.1, -0.05) is 19.9 Å². The number of anilines is 1. The van der Waals surface area contributed by atoms with E-state index in [4.69, 9.17) is 14.5 Å². The van der Waals surface area contributed by atoms with E-state index in [0.717, 1.165) is 38.4 Å². The Morgan fingerprint density at radius 2 is 1.83 bits per heavy atom. The Labute approximate surface area is 183 Å². The summed E-state index contributed by atoms with van der Waals surface area (Å²) in [5.74, 6) is 0.930. The fourth-order valence-corrected chi connectivity index (χ4v) is 4.12. The molecule has 0 aliphatic heterocycles. The van der Waals surface area contributed by atoms with Crippen molar-refractivity contribution in [1.29, 1.82) is 0 Å². The highest BCUT2D eigenvalue weighted by atomic mass is 79.9. The van der Waals surface area contributed by atoms with Gasteiger partial charge in [-0.2, -0.15) is 0 Å². The van der Waals surface area contributed by atoms with Gasteiger partial charge in [0.05, 0.1) is 30.7 Å². The number of hydrogen-bond donors (Lipinski definition) is 0. The Hall–Kier alpha value is -1.92. The molecule has 0 spiro atoms. The summed E-state index contributed by atoms with van der Waals surface area (Å²) in [7, 11) is 3.37. The summed E-state index contributed by atoms with van der Waals surface area (Å²) < 4.78 is 11.8. The molecule has 0 N–H and O–H groups in total. The monoisotopic (exact) mass is 461 g/mol. The van der Waals surface area contributed by atoms with E-state index in [9.17, 15) is 0 Å². The molecule has 5 nitrogen and oxygen atoms in total. The largest absolute Gasteiger partial charge is 0.480 e. The van der Waals surface area contributed by atoms with Gasteiger partial charge in [-0.15, -0.1) is 6.58 Å². The van der Waals surface area contributed by atoms with Gasteiger partial charge >= 0.3 is 0 Å². The van der Waals surface area contributed by atoms with E-state index < -0.39 is 0 Å². The first kappa shape index (κ1) is 23.4. The number of rotatable bonds is 9. The third-order valence-electron chi connectivity index (χ3n) is 5.15. The van der Waals surface area contributed by atoms with Gasteiger partial charge in [0.15, 0.2) is 0 Å². The van der Waals surface area contributed by atoms with Crippen molar-refractivity contribution in [3.63, 3.8) is 0 Å². The minimum atomic E-state index is 0.182. The van der Waals surface area contributed by atoms with Crippen molar-refractivity contribution in [3.05, 3.63) is 46.2 Å². The van der Waals surface area contributed by atoms with E-state index in [1.165, 1.54) is 0 Å². The summed E-state index contributed by atoms with van der Waals surface area (Å²) >= 11 is 3.71. The summed E-state index contributed by atoms with van der Waals surface area (Å²) in [5.41, 5.74) is 6.07. The van der Waals surface area contributed by atoms with Gasteiger partial charge in [-0.05, 0) is 65.9 Å². The number of pyridine rings is 2. The summed E-state index contributed by atoms with van der Waals surface area (Å²) in [5, 5.41) is 0. The van der Waals surface area contributed by atoms with E-state index in [1.54, 1.807) is 14.2 Å². The molecule has 0 saturated heterocycles. The molecule has 1 unspecified atom stereocenters. The maximum atomic E-state index is 5.61. The van der Waals surface area contributed by atoms with Crippen molar-refractivity contribution < 1.29 is 9.47 Å². The zero-order chi connectivity index (χ0) is 21.7. The molecule has 0 aromatic carbocycles. The number of nitrogens with zero attached hydrogens (tertiary/aromatic N) is 3. The molecule has 0 aliphatic rings. The lowest BCUT2D eigenvalue weighted by atomic mass is 10.0. The number of hydrogen-bond acceptors (Lipinski definition) is 5. The number of halogens is 1. The van der Waals surface area contributed by atoms with Crippen LogP contribution < -0.4 is 9.64 Å². The standard InChI is InChI=1S/C23H32BrN3O2/c1-9-12-27(15(4)13-28-7)21-17(6)16(5)20(26-22(21)24)18-10-11-19(14(2)3)25-23(18)29-8/h9-11,14-15H,1,12-13H2,2-8H3. The maximum absolute atomic E-state index is 5.61. The highest BCUT2D eigenvalue weighted by molar-refractivity contribution is 9.10. The topological polar surface area (TPSA) is 47.5 Å². The lowest BCUT2D eigenvalue weighted by Crippen LogP contribution is -2.37. The van der Waals surface area contributed by atoms with Gasteiger partial charge < -0.3 is 14.4 Å². The number of methoxy groups -OCH3 is 2. The van der Waals surface area contributed by atoms with Crippen LogP contribution in [-0.2, 0) is 4.74 Å². The van der Waals surface area contributed by atoms with Gasteiger partial charge in [-0.3, -0.25) is 0 Å². The minimum absolute atomic E-state index is 0.182. The van der Waals surface area contributed by atoms with E-state index in [0.29, 0.717) is 24.9 Å². The first-order valence-electron chi connectivity index (χ1n) is 9.85. The second-order valence-electron chi connectivity index (χ2n) is 7.54. The molecular formula is C23H32BrN3O2. The quantitative estimate of drug-likeness (QED) is 0.354. The van der Waals surface area contributed by atoms with Crippen molar-refractivity contribution >= 4 is 21.6 Å². The lowest BCUT2D eigenvalue weighted by molar-refractivity contribution is 0.182. The Morgan fingerprint density at radius 1 is 1.14 bits per heavy atom. The average Bonchev–Trinajstić information content (AvgIpc) is 2.69. The second-order valence-corrected chi connectivity index (χ2v) is 8.29. The molecule has 0 aliphatic carbocycles. The highest BCUT2D eigenvalue weighted by Gasteiger charge is 2.24. The zero-order valence-electron chi connectivity index (χ0n) is 18.5. The Kier molecular flexibility index (Phi) is 8.23. The predicted molar refractivity (Wildman–Crippen MR) is 124 cm³/mol. The maximum Gasteiger partial charge on any atom is 0.222 e. The van der Waals surface area contributed by atoms with Gasteiger partial charge in [0.2, 0.25) is 5.88 Å². The Balaban J connectivity index is 2.63. The molecule has 0 fully saturated rings. The highest BCUT2D eigenvalue weighted by Crippen LogP contribution is 2.39. The number of aromatic nitrogens is 2. The van der Waals surface area contributed by atoms with Crippen LogP contribution in [0.25, 0.3) is 11.3 Å². The molecule has 0 radical (unpaired) electrons. The third kappa shape index (κ3) is 4.98. The summed E-state index contributed by atoms with van der Waals surface area (Å²) in [6, 6.07) is 4.28. The van der Waals surface area contributed by atoms with Crippen LogP contribution in [0.3, 0.4) is 0 Å². The lowest BCUT2D eigenvalue weighted by Gasteiger charge is -2.32. The molecule has 29 heavy (non-hydrogen) atoms. The molecule has 0 amide bonds. The van der Waals surface area contributed by atoms with Crippen LogP contribution in [0.15, 0.2) is 29.4 Å². The van der Waals surface area contributed by atoms with Crippen molar-refractivity contribution in [2.75, 3.05) is 32.3 Å². The van der Waals surface area contributed by atoms with Gasteiger partial charge in [0, 0.05) is 25.4 Å². The molecule has 2 heterocycles. The zero-order valence-corrected chi connectivity index (χ0v) is 20.1. The van der Waals surface area contributed by atoms with Gasteiger partial charge in [-0.25, -0.2) is 9.97 Å². The fourth-order valence-electron chi connectivity index (χ4n) is 3.42. The van der Waals surface area contributed by atoms with Crippen molar-refractivity contribution in [2.45, 2.75) is 46.6 Å². The van der Waals surface area contributed by atoms with E-state index >= 15 is 0 Å². The predicted octanol–water partition coefficient (Wildman–Crippen LogP) is 5.68. The molecule has 0 saturated carbocycles. The first-order valence-corrected chi connectivity index (χ1v) is 10.6. The first-order chi connectivity index (χ1) is 13.8. The molecule has 158 valence electrons. The molecule has 2 aromatic rings. The third-order valence-corrected chi connectivity index (χ3v) is 5.71. The van der Waals surface area contributed by atoms with E-state index in [2.05, 4.69) is 73.1 Å². The van der Waals surface area contributed by atoms with Crippen molar-refractivity contribution in [2.24, 2.45) is 0 Å². The van der Waals surface area contributed by atoms with Crippen LogP contribution in [0.1, 0.15) is 43.5 Å². The second kappa shape index (κ2) is 10.2. The minimum Gasteiger partial charge on any atom is -0.480 e. The normalized spacial score (nSPS) is 12.2. The Bertz CT molecular complexity index is 868. The summed E-state index contributed by atoms with van der Waals surface area (Å²) in [6.45, 7) is 15.8. The number of ether oxygens (including phenoxy) is 2. The van der Waals surface area contributed by atoms with Gasteiger partial charge in [0.25, 0.3) is 0 Å². The van der Waals surface area contributed by atoms with Crippen molar-refractivity contribution in [3.8, 4) is 17.1 Å². The molecule has 6 heteroatoms. The molecule has 0 bridgehead atoms. The average molecular weight is 462 g/mol. The van der Waals surface area contributed by atoms with E-state index in [-0.39, 0.29) is 6.04 Å². The van der Waals surface area contributed by atoms with Crippen LogP contribution in [-0.4, -0.2) is 43.4 Å². The van der Waals surface area contributed by atoms with E-state index in [1.807, 2.05) is 12.1 Å². The molecule has 1 atom stereocenters. The summed E-state index contributed by atoms with van der Waals surface area (Å²) in [4.78, 5) is 11.9. The molecule has 2 aromatic heterocycles. The van der Waals surface area contributed by atoms with Crippen LogP contribution in [0.2, 0.25) is 0 Å². The fraction of sp³-hybridized carbons (Fsp3) is 0.478. The van der Waals surface area contributed by atoms with Crippen LogP contribution in [0, 0.1) is 13.8 Å². The SMILES string of the molecule is C=CCN(c1c(Br)nc(-c2ccc(C(C)C)nc2OC)c(C)c1C)C(C)COC. The Morgan fingerprint density at radius 3 is 2.38 bits per heavy atom. The van der Waals surface area contributed by atoms with Crippen molar-refractivity contribution in [1.82, 2.24) is 9.97 Å². The van der Waals surface area contributed by atoms with Crippen LogP contribution >= 0.6 is 15.9 Å². The van der Waals surface area contributed by atoms with Crippen LogP contribution in [0.4, 0.5) is 5.69 Å². The van der Waals surface area contributed by atoms with Gasteiger partial charge in [0.1, 0.15) is 4.60 Å².